The van der Waals surface area contributed by atoms with Crippen LogP contribution in [0.3, 0.4) is 0 Å². The van der Waals surface area contributed by atoms with Gasteiger partial charge in [0.05, 0.1) is 18.3 Å². The van der Waals surface area contributed by atoms with Crippen molar-refractivity contribution in [3.05, 3.63) is 65.4 Å². The van der Waals surface area contributed by atoms with E-state index < -0.39 is 0 Å². The van der Waals surface area contributed by atoms with Crippen LogP contribution < -0.4 is 9.64 Å². The van der Waals surface area contributed by atoms with Gasteiger partial charge >= 0.3 is 0 Å². The smallest absolute Gasteiger partial charge is 0.119 e. The Balaban J connectivity index is 0.00000205. The fourth-order valence-electron chi connectivity index (χ4n) is 4.90. The normalized spacial score (nSPS) is 18.7. The lowest BCUT2D eigenvalue weighted by molar-refractivity contribution is 0.325. The summed E-state index contributed by atoms with van der Waals surface area (Å²) in [5.74, 6) is 0.907. The van der Waals surface area contributed by atoms with Crippen LogP contribution >= 0.6 is 12.4 Å². The number of rotatable bonds is 4. The van der Waals surface area contributed by atoms with E-state index in [1.807, 2.05) is 6.07 Å². The SMILES string of the molecule is COc1ccc2nc(C)c3c(c2c1)N(C1CCN(Cc2ccccc2)C1)CC3.Cl. The fourth-order valence-corrected chi connectivity index (χ4v) is 4.90. The van der Waals surface area contributed by atoms with Gasteiger partial charge in [0, 0.05) is 43.3 Å². The predicted octanol–water partition coefficient (Wildman–Crippen LogP) is 4.61. The summed E-state index contributed by atoms with van der Waals surface area (Å²) in [7, 11) is 1.74. The average Bonchev–Trinajstić information content (AvgIpc) is 3.36. The third kappa shape index (κ3) is 3.67. The van der Waals surface area contributed by atoms with Crippen molar-refractivity contribution in [1.29, 1.82) is 0 Å². The molecule has 0 N–H and O–H groups in total. The number of pyridine rings is 1. The first kappa shape index (κ1) is 20.0. The van der Waals surface area contributed by atoms with E-state index in [2.05, 4.69) is 59.2 Å². The van der Waals surface area contributed by atoms with Crippen molar-refractivity contribution in [2.24, 2.45) is 0 Å². The molecule has 0 bridgehead atoms. The molecule has 2 aliphatic rings. The standard InChI is InChI=1S/C24H27N3O.ClH/c1-17-21-11-13-27(24(21)22-14-20(28-2)8-9-23(22)25-17)19-10-12-26(16-19)15-18-6-4-3-5-7-18;/h3-9,14,19H,10-13,15-16H2,1-2H3;1H. The minimum atomic E-state index is 0. The van der Waals surface area contributed by atoms with Gasteiger partial charge in [-0.25, -0.2) is 0 Å². The van der Waals surface area contributed by atoms with Crippen LogP contribution in [0.1, 0.15) is 23.2 Å². The van der Waals surface area contributed by atoms with Crippen molar-refractivity contribution >= 4 is 29.0 Å². The summed E-state index contributed by atoms with van der Waals surface area (Å²) in [5, 5.41) is 1.24. The zero-order valence-electron chi connectivity index (χ0n) is 17.1. The molecule has 0 saturated carbocycles. The Bertz CT molecular complexity index is 1010. The number of likely N-dealkylation sites (tertiary alicyclic amines) is 1. The number of hydrogen-bond acceptors (Lipinski definition) is 4. The van der Waals surface area contributed by atoms with Gasteiger partial charge < -0.3 is 9.64 Å². The number of aryl methyl sites for hydroxylation is 1. The van der Waals surface area contributed by atoms with Crippen LogP contribution in [-0.4, -0.2) is 42.7 Å². The molecule has 2 aliphatic heterocycles. The molecule has 29 heavy (non-hydrogen) atoms. The minimum Gasteiger partial charge on any atom is -0.497 e. The Labute approximate surface area is 178 Å². The lowest BCUT2D eigenvalue weighted by atomic mass is 10.1. The van der Waals surface area contributed by atoms with E-state index in [0.29, 0.717) is 6.04 Å². The highest BCUT2D eigenvalue weighted by Crippen LogP contribution is 2.40. The quantitative estimate of drug-likeness (QED) is 0.629. The number of nitrogens with zero attached hydrogens (tertiary/aromatic N) is 3. The largest absolute Gasteiger partial charge is 0.497 e. The highest BCUT2D eigenvalue weighted by atomic mass is 35.5. The molecule has 5 heteroatoms. The van der Waals surface area contributed by atoms with Crippen LogP contribution in [0.25, 0.3) is 10.9 Å². The molecule has 1 atom stereocenters. The van der Waals surface area contributed by atoms with Crippen molar-refractivity contribution in [3.63, 3.8) is 0 Å². The first-order valence-electron chi connectivity index (χ1n) is 10.2. The first-order chi connectivity index (χ1) is 13.7. The van der Waals surface area contributed by atoms with Gasteiger partial charge in [-0.2, -0.15) is 0 Å². The topological polar surface area (TPSA) is 28.6 Å². The molecule has 1 aromatic heterocycles. The summed E-state index contributed by atoms with van der Waals surface area (Å²) in [4.78, 5) is 10.1. The van der Waals surface area contributed by atoms with E-state index in [4.69, 9.17) is 9.72 Å². The zero-order chi connectivity index (χ0) is 19.1. The van der Waals surface area contributed by atoms with Crippen molar-refractivity contribution in [2.75, 3.05) is 31.6 Å². The molecule has 0 radical (unpaired) electrons. The van der Waals surface area contributed by atoms with Gasteiger partial charge in [0.25, 0.3) is 0 Å². The molecule has 1 fully saturated rings. The number of halogens is 1. The number of anilines is 1. The number of fused-ring (bicyclic) bond motifs is 3. The van der Waals surface area contributed by atoms with Gasteiger partial charge in [0.1, 0.15) is 5.75 Å². The molecule has 1 unspecified atom stereocenters. The maximum absolute atomic E-state index is 5.50. The molecule has 3 heterocycles. The Morgan fingerprint density at radius 2 is 1.93 bits per heavy atom. The van der Waals surface area contributed by atoms with Gasteiger partial charge in [-0.05, 0) is 49.1 Å². The second-order valence-corrected chi connectivity index (χ2v) is 8.01. The molecule has 0 spiro atoms. The third-order valence-corrected chi connectivity index (χ3v) is 6.30. The monoisotopic (exact) mass is 409 g/mol. The van der Waals surface area contributed by atoms with E-state index in [1.165, 1.54) is 34.3 Å². The highest BCUT2D eigenvalue weighted by Gasteiger charge is 2.34. The van der Waals surface area contributed by atoms with E-state index in [1.54, 1.807) is 7.11 Å². The number of aromatic nitrogens is 1. The number of benzene rings is 2. The first-order valence-corrected chi connectivity index (χ1v) is 10.2. The van der Waals surface area contributed by atoms with Gasteiger partial charge in [-0.3, -0.25) is 9.88 Å². The van der Waals surface area contributed by atoms with E-state index in [0.717, 1.165) is 43.9 Å². The van der Waals surface area contributed by atoms with Gasteiger partial charge in [-0.1, -0.05) is 30.3 Å². The van der Waals surface area contributed by atoms with Crippen molar-refractivity contribution < 1.29 is 4.74 Å². The summed E-state index contributed by atoms with van der Waals surface area (Å²) < 4.78 is 5.50. The number of methoxy groups -OCH3 is 1. The van der Waals surface area contributed by atoms with Crippen LogP contribution in [0.2, 0.25) is 0 Å². The van der Waals surface area contributed by atoms with Crippen LogP contribution in [0.4, 0.5) is 5.69 Å². The van der Waals surface area contributed by atoms with Crippen LogP contribution in [0.15, 0.2) is 48.5 Å². The van der Waals surface area contributed by atoms with E-state index >= 15 is 0 Å². The van der Waals surface area contributed by atoms with Gasteiger partial charge in [0.15, 0.2) is 0 Å². The molecule has 3 aromatic rings. The maximum atomic E-state index is 5.50. The van der Waals surface area contributed by atoms with Gasteiger partial charge in [0.2, 0.25) is 0 Å². The summed E-state index contributed by atoms with van der Waals surface area (Å²) in [6, 6.07) is 17.7. The Morgan fingerprint density at radius 1 is 1.10 bits per heavy atom. The van der Waals surface area contributed by atoms with Crippen LogP contribution in [0.5, 0.6) is 5.75 Å². The van der Waals surface area contributed by atoms with E-state index in [-0.39, 0.29) is 12.4 Å². The van der Waals surface area contributed by atoms with Crippen molar-refractivity contribution in [3.8, 4) is 5.75 Å². The molecular formula is C24H28ClN3O. The van der Waals surface area contributed by atoms with Crippen molar-refractivity contribution in [1.82, 2.24) is 9.88 Å². The number of hydrogen-bond donors (Lipinski definition) is 0. The summed E-state index contributed by atoms with van der Waals surface area (Å²) >= 11 is 0. The average molecular weight is 410 g/mol. The summed E-state index contributed by atoms with van der Waals surface area (Å²) in [6.07, 6.45) is 2.32. The second kappa shape index (κ2) is 8.21. The lowest BCUT2D eigenvalue weighted by Crippen LogP contribution is -2.36. The molecule has 1 saturated heterocycles. The molecule has 2 aromatic carbocycles. The van der Waals surface area contributed by atoms with Crippen LogP contribution in [0, 0.1) is 6.92 Å². The fraction of sp³-hybridized carbons (Fsp3) is 0.375. The third-order valence-electron chi connectivity index (χ3n) is 6.30. The van der Waals surface area contributed by atoms with Crippen molar-refractivity contribution in [2.45, 2.75) is 32.4 Å². The van der Waals surface area contributed by atoms with E-state index in [9.17, 15) is 0 Å². The highest BCUT2D eigenvalue weighted by molar-refractivity contribution is 5.96. The Morgan fingerprint density at radius 3 is 2.72 bits per heavy atom. The van der Waals surface area contributed by atoms with Gasteiger partial charge in [-0.15, -0.1) is 12.4 Å². The second-order valence-electron chi connectivity index (χ2n) is 8.01. The summed E-state index contributed by atoms with van der Waals surface area (Å²) in [6.45, 7) is 6.58. The number of ether oxygens (including phenoxy) is 1. The molecule has 0 aliphatic carbocycles. The zero-order valence-corrected chi connectivity index (χ0v) is 17.9. The molecule has 0 amide bonds. The lowest BCUT2D eigenvalue weighted by Gasteiger charge is -2.28. The molecule has 5 rings (SSSR count). The minimum absolute atomic E-state index is 0. The molecule has 152 valence electrons. The molecule has 4 nitrogen and oxygen atoms in total. The Kier molecular flexibility index (Phi) is 5.66. The predicted molar refractivity (Wildman–Crippen MR) is 121 cm³/mol. The summed E-state index contributed by atoms with van der Waals surface area (Å²) in [5.41, 5.74) is 6.47. The maximum Gasteiger partial charge on any atom is 0.119 e. The van der Waals surface area contributed by atoms with Crippen LogP contribution in [-0.2, 0) is 13.0 Å². The molecular weight excluding hydrogens is 382 g/mol. The Hall–Kier alpha value is -2.30.